The Kier molecular flexibility index (Phi) is 4.40. The molecular weight excluding hydrogens is 386 g/mol. The van der Waals surface area contributed by atoms with Crippen LogP contribution in [0.25, 0.3) is 27.9 Å². The summed E-state index contributed by atoms with van der Waals surface area (Å²) in [6.45, 7) is 1.56. The topological polar surface area (TPSA) is 80.4 Å². The highest BCUT2D eigenvalue weighted by molar-refractivity contribution is 7.12. The van der Waals surface area contributed by atoms with Gasteiger partial charge in [0.2, 0.25) is 0 Å². The second-order valence-electron chi connectivity index (χ2n) is 7.30. The van der Waals surface area contributed by atoms with Crippen molar-refractivity contribution >= 4 is 22.9 Å². The molecule has 9 heteroatoms. The first-order chi connectivity index (χ1) is 14.1. The molecule has 0 saturated carbocycles. The fraction of sp³-hybridized carbons (Fsp3) is 0.300. The molecule has 1 unspecified atom stereocenters. The number of rotatable bonds is 4. The third kappa shape index (κ3) is 3.22. The van der Waals surface area contributed by atoms with Gasteiger partial charge in [0.1, 0.15) is 0 Å². The number of aryl methyl sites for hydroxylation is 1. The minimum absolute atomic E-state index is 0.0993. The van der Waals surface area contributed by atoms with Crippen molar-refractivity contribution in [2.24, 2.45) is 7.05 Å². The summed E-state index contributed by atoms with van der Waals surface area (Å²) in [6.07, 6.45) is 10.3. The van der Waals surface area contributed by atoms with E-state index in [4.69, 9.17) is 0 Å². The van der Waals surface area contributed by atoms with Gasteiger partial charge in [-0.05, 0) is 30.5 Å². The van der Waals surface area contributed by atoms with Gasteiger partial charge in [-0.15, -0.1) is 11.3 Å². The van der Waals surface area contributed by atoms with E-state index in [1.807, 2.05) is 49.0 Å². The quantitative estimate of drug-likeness (QED) is 0.561. The fourth-order valence-corrected chi connectivity index (χ4v) is 4.60. The number of nitrogens with zero attached hydrogens (tertiary/aromatic N) is 6. The molecule has 1 amide bonds. The summed E-state index contributed by atoms with van der Waals surface area (Å²) in [4.78, 5) is 20.1. The van der Waals surface area contributed by atoms with Crippen LogP contribution in [0.5, 0.6) is 0 Å². The lowest BCUT2D eigenvalue weighted by Gasteiger charge is -2.15. The molecule has 0 spiro atoms. The molecular formula is C20H21N7OS. The first kappa shape index (κ1) is 18.0. The first-order valence-electron chi connectivity index (χ1n) is 9.50. The zero-order chi connectivity index (χ0) is 20.0. The van der Waals surface area contributed by atoms with Crippen LogP contribution in [-0.2, 0) is 7.05 Å². The zero-order valence-corrected chi connectivity index (χ0v) is 17.1. The van der Waals surface area contributed by atoms with Gasteiger partial charge < -0.3 is 10.2 Å². The zero-order valence-electron chi connectivity index (χ0n) is 16.2. The maximum atomic E-state index is 12.8. The molecule has 1 aliphatic heterocycles. The molecule has 29 heavy (non-hydrogen) atoms. The minimum atomic E-state index is 0.0993. The van der Waals surface area contributed by atoms with Crippen molar-refractivity contribution in [2.45, 2.75) is 12.5 Å². The highest BCUT2D eigenvalue weighted by Crippen LogP contribution is 2.30. The largest absolute Gasteiger partial charge is 0.336 e. The molecule has 8 nitrogen and oxygen atoms in total. The lowest BCUT2D eigenvalue weighted by molar-refractivity contribution is 0.0794. The molecule has 5 heterocycles. The molecule has 0 bridgehead atoms. The number of likely N-dealkylation sites (tertiary alicyclic amines) is 1. The molecule has 5 rings (SSSR count). The monoisotopic (exact) mass is 407 g/mol. The number of fused-ring (bicyclic) bond motifs is 1. The number of likely N-dealkylation sites (N-methyl/N-ethyl adjacent to an activating group) is 1. The van der Waals surface area contributed by atoms with E-state index in [2.05, 4.69) is 20.5 Å². The molecule has 0 radical (unpaired) electrons. The average molecular weight is 408 g/mol. The van der Waals surface area contributed by atoms with Crippen molar-refractivity contribution in [1.29, 1.82) is 0 Å². The molecule has 0 aliphatic carbocycles. The van der Waals surface area contributed by atoms with Gasteiger partial charge in [-0.25, -0.2) is 9.50 Å². The maximum Gasteiger partial charge on any atom is 0.263 e. The number of carbonyl (C=O) groups is 1. The Bertz CT molecular complexity index is 1190. The van der Waals surface area contributed by atoms with Crippen LogP contribution < -0.4 is 5.32 Å². The van der Waals surface area contributed by atoms with E-state index in [9.17, 15) is 4.79 Å². The third-order valence-electron chi connectivity index (χ3n) is 5.40. The van der Waals surface area contributed by atoms with Crippen LogP contribution in [0.3, 0.4) is 0 Å². The van der Waals surface area contributed by atoms with Crippen LogP contribution in [0.2, 0.25) is 0 Å². The third-order valence-corrected chi connectivity index (χ3v) is 6.32. The number of aromatic nitrogens is 5. The lowest BCUT2D eigenvalue weighted by Crippen LogP contribution is -2.33. The summed E-state index contributed by atoms with van der Waals surface area (Å²) < 4.78 is 3.53. The van der Waals surface area contributed by atoms with E-state index in [1.54, 1.807) is 21.6 Å². The number of hydrogen-bond donors (Lipinski definition) is 1. The Balaban J connectivity index is 1.42. The van der Waals surface area contributed by atoms with E-state index in [-0.39, 0.29) is 5.91 Å². The van der Waals surface area contributed by atoms with Crippen LogP contribution >= 0.6 is 11.3 Å². The molecule has 4 aromatic rings. The Morgan fingerprint density at radius 1 is 1.17 bits per heavy atom. The van der Waals surface area contributed by atoms with Crippen molar-refractivity contribution in [3.63, 3.8) is 0 Å². The van der Waals surface area contributed by atoms with Crippen LogP contribution in [0, 0.1) is 0 Å². The van der Waals surface area contributed by atoms with Gasteiger partial charge in [-0.3, -0.25) is 9.48 Å². The normalized spacial score (nSPS) is 16.8. The van der Waals surface area contributed by atoms with Gasteiger partial charge in [0, 0.05) is 61.5 Å². The predicted octanol–water partition coefficient (Wildman–Crippen LogP) is 2.29. The molecule has 1 atom stereocenters. The van der Waals surface area contributed by atoms with E-state index >= 15 is 0 Å². The number of carbonyl (C=O) groups excluding carboxylic acids is 1. The maximum absolute atomic E-state index is 12.8. The second kappa shape index (κ2) is 7.09. The summed E-state index contributed by atoms with van der Waals surface area (Å²) >= 11 is 1.48. The Hall–Kier alpha value is -3.04. The van der Waals surface area contributed by atoms with Crippen molar-refractivity contribution in [1.82, 2.24) is 34.6 Å². The molecule has 1 aliphatic rings. The van der Waals surface area contributed by atoms with Crippen molar-refractivity contribution in [3.8, 4) is 22.3 Å². The van der Waals surface area contributed by atoms with Gasteiger partial charge in [-0.1, -0.05) is 0 Å². The van der Waals surface area contributed by atoms with E-state index < -0.39 is 0 Å². The highest BCUT2D eigenvalue weighted by atomic mass is 32.1. The Labute approximate surface area is 171 Å². The summed E-state index contributed by atoms with van der Waals surface area (Å²) in [5, 5.41) is 13.9. The second-order valence-corrected chi connectivity index (χ2v) is 8.21. The van der Waals surface area contributed by atoms with Crippen LogP contribution in [0.4, 0.5) is 0 Å². The summed E-state index contributed by atoms with van der Waals surface area (Å²) in [7, 11) is 3.83. The molecule has 1 fully saturated rings. The minimum Gasteiger partial charge on any atom is -0.336 e. The molecule has 1 N–H and O–H groups in total. The molecule has 1 saturated heterocycles. The van der Waals surface area contributed by atoms with Crippen molar-refractivity contribution < 1.29 is 4.79 Å². The van der Waals surface area contributed by atoms with Crippen LogP contribution in [-0.4, -0.2) is 61.4 Å². The SMILES string of the molecule is CNC1CCN(C(=O)c2cc(-c3cnn4cc(-c5cnn(C)c5)cnc34)cs2)C1. The van der Waals surface area contributed by atoms with E-state index in [0.29, 0.717) is 6.04 Å². The molecule has 0 aromatic carbocycles. The average Bonchev–Trinajstić information content (AvgIpc) is 3.52. The number of thiophene rings is 1. The first-order valence-corrected chi connectivity index (χ1v) is 10.4. The molecule has 4 aromatic heterocycles. The number of amides is 1. The standard InChI is InChI=1S/C20H21N7OS/c1-21-16-3-4-26(11-16)20(28)18-5-13(12-29-18)17-8-24-27-10-14(6-22-19(17)27)15-7-23-25(2)9-15/h5-10,12,16,21H,3-4,11H2,1-2H3. The fourth-order valence-electron chi connectivity index (χ4n) is 3.72. The highest BCUT2D eigenvalue weighted by Gasteiger charge is 2.27. The van der Waals surface area contributed by atoms with Crippen LogP contribution in [0.1, 0.15) is 16.1 Å². The summed E-state index contributed by atoms with van der Waals surface area (Å²) in [6, 6.07) is 2.34. The van der Waals surface area contributed by atoms with Gasteiger partial charge in [0.05, 0.1) is 17.3 Å². The Morgan fingerprint density at radius 3 is 2.79 bits per heavy atom. The number of hydrogen-bond acceptors (Lipinski definition) is 6. The number of nitrogens with one attached hydrogen (secondary N) is 1. The van der Waals surface area contributed by atoms with Crippen LogP contribution in [0.15, 0.2) is 42.4 Å². The van der Waals surface area contributed by atoms with E-state index in [0.717, 1.165) is 52.3 Å². The van der Waals surface area contributed by atoms with Crippen molar-refractivity contribution in [3.05, 3.63) is 47.3 Å². The smallest absolute Gasteiger partial charge is 0.263 e. The summed E-state index contributed by atoms with van der Waals surface area (Å²) in [5.74, 6) is 0.0993. The van der Waals surface area contributed by atoms with Gasteiger partial charge in [0.15, 0.2) is 5.65 Å². The van der Waals surface area contributed by atoms with Crippen molar-refractivity contribution in [2.75, 3.05) is 20.1 Å². The lowest BCUT2D eigenvalue weighted by atomic mass is 10.1. The molecule has 148 valence electrons. The van der Waals surface area contributed by atoms with Gasteiger partial charge in [-0.2, -0.15) is 10.2 Å². The van der Waals surface area contributed by atoms with Gasteiger partial charge in [0.25, 0.3) is 5.91 Å². The van der Waals surface area contributed by atoms with Gasteiger partial charge >= 0.3 is 0 Å². The predicted molar refractivity (Wildman–Crippen MR) is 112 cm³/mol. The van der Waals surface area contributed by atoms with E-state index in [1.165, 1.54) is 11.3 Å². The summed E-state index contributed by atoms with van der Waals surface area (Å²) in [5.41, 5.74) is 4.61. The Morgan fingerprint density at radius 2 is 2.03 bits per heavy atom.